The topological polar surface area (TPSA) is 80.4 Å². The molecule has 0 radical (unpaired) electrons. The van der Waals surface area contributed by atoms with Crippen molar-refractivity contribution in [2.45, 2.75) is 0 Å². The Bertz CT molecular complexity index is 620. The lowest BCUT2D eigenvalue weighted by Gasteiger charge is -2.05. The zero-order chi connectivity index (χ0) is 13.1. The van der Waals surface area contributed by atoms with Crippen molar-refractivity contribution >= 4 is 17.4 Å². The normalized spacial score (nSPS) is 10.0. The second kappa shape index (κ2) is 4.71. The summed E-state index contributed by atoms with van der Waals surface area (Å²) >= 11 is 0. The molecule has 4 nitrogen and oxygen atoms in total. The summed E-state index contributed by atoms with van der Waals surface area (Å²) in [5, 5.41) is 9.04. The molecule has 18 heavy (non-hydrogen) atoms. The Morgan fingerprint density at radius 1 is 0.944 bits per heavy atom. The van der Waals surface area contributed by atoms with Crippen LogP contribution in [0.5, 0.6) is 0 Å². The molecule has 0 atom stereocenters. The smallest absolute Gasteiger partial charge is 0.336 e. The second-order valence-electron chi connectivity index (χ2n) is 3.81. The molecule has 2 aromatic rings. The fraction of sp³-hybridized carbons (Fsp3) is 0. The number of ketones is 1. The minimum Gasteiger partial charge on any atom is -0.478 e. The first-order valence-electron chi connectivity index (χ1n) is 5.32. The molecule has 0 amide bonds. The average Bonchev–Trinajstić information content (AvgIpc) is 2.38. The molecule has 0 aromatic heterocycles. The highest BCUT2D eigenvalue weighted by Gasteiger charge is 2.17. The SMILES string of the molecule is Nc1cccc(C(=O)c2ccccc2C(=O)O)c1. The molecule has 0 fully saturated rings. The van der Waals surface area contributed by atoms with Gasteiger partial charge in [-0.05, 0) is 18.2 Å². The summed E-state index contributed by atoms with van der Waals surface area (Å²) in [5.41, 5.74) is 6.60. The monoisotopic (exact) mass is 241 g/mol. The highest BCUT2D eigenvalue weighted by molar-refractivity contribution is 6.14. The van der Waals surface area contributed by atoms with Crippen molar-refractivity contribution in [1.82, 2.24) is 0 Å². The molecule has 0 saturated heterocycles. The minimum atomic E-state index is -1.12. The second-order valence-corrected chi connectivity index (χ2v) is 3.81. The van der Waals surface area contributed by atoms with Crippen molar-refractivity contribution < 1.29 is 14.7 Å². The molecule has 0 heterocycles. The van der Waals surface area contributed by atoms with Gasteiger partial charge in [0, 0.05) is 16.8 Å². The molecule has 0 spiro atoms. The highest BCUT2D eigenvalue weighted by Crippen LogP contribution is 2.16. The van der Waals surface area contributed by atoms with E-state index in [0.717, 1.165) is 0 Å². The van der Waals surface area contributed by atoms with Gasteiger partial charge in [0.25, 0.3) is 0 Å². The zero-order valence-electron chi connectivity index (χ0n) is 9.46. The molecule has 3 N–H and O–H groups in total. The van der Waals surface area contributed by atoms with Gasteiger partial charge in [-0.15, -0.1) is 0 Å². The summed E-state index contributed by atoms with van der Waals surface area (Å²) in [6.45, 7) is 0. The molecule has 0 aliphatic rings. The van der Waals surface area contributed by atoms with Crippen molar-refractivity contribution in [3.8, 4) is 0 Å². The van der Waals surface area contributed by atoms with E-state index in [4.69, 9.17) is 10.8 Å². The van der Waals surface area contributed by atoms with Crippen LogP contribution in [0.1, 0.15) is 26.3 Å². The number of anilines is 1. The van der Waals surface area contributed by atoms with E-state index in [0.29, 0.717) is 11.3 Å². The van der Waals surface area contributed by atoms with Gasteiger partial charge >= 0.3 is 5.97 Å². The summed E-state index contributed by atoms with van der Waals surface area (Å²) in [6.07, 6.45) is 0. The van der Waals surface area contributed by atoms with Crippen LogP contribution >= 0.6 is 0 Å². The van der Waals surface area contributed by atoms with E-state index in [9.17, 15) is 9.59 Å². The van der Waals surface area contributed by atoms with Gasteiger partial charge in [0.05, 0.1) is 5.56 Å². The van der Waals surface area contributed by atoms with E-state index in [-0.39, 0.29) is 16.9 Å². The van der Waals surface area contributed by atoms with Crippen molar-refractivity contribution in [2.75, 3.05) is 5.73 Å². The third kappa shape index (κ3) is 2.22. The standard InChI is InChI=1S/C14H11NO3/c15-10-5-3-4-9(8-10)13(16)11-6-1-2-7-12(11)14(17)18/h1-8H,15H2,(H,17,18). The van der Waals surface area contributed by atoms with Crippen LogP contribution in [-0.2, 0) is 0 Å². The van der Waals surface area contributed by atoms with E-state index in [1.807, 2.05) is 0 Å². The summed E-state index contributed by atoms with van der Waals surface area (Å²) in [7, 11) is 0. The summed E-state index contributed by atoms with van der Waals surface area (Å²) in [6, 6.07) is 12.6. The number of nitrogens with two attached hydrogens (primary N) is 1. The predicted octanol–water partition coefficient (Wildman–Crippen LogP) is 2.20. The van der Waals surface area contributed by atoms with Crippen molar-refractivity contribution in [2.24, 2.45) is 0 Å². The van der Waals surface area contributed by atoms with Gasteiger partial charge < -0.3 is 10.8 Å². The number of hydrogen-bond donors (Lipinski definition) is 2. The van der Waals surface area contributed by atoms with Crippen molar-refractivity contribution in [1.29, 1.82) is 0 Å². The van der Waals surface area contributed by atoms with Crippen LogP contribution in [0.2, 0.25) is 0 Å². The predicted molar refractivity (Wildman–Crippen MR) is 67.7 cm³/mol. The molecule has 0 aliphatic carbocycles. The number of carbonyl (C=O) groups excluding carboxylic acids is 1. The summed E-state index contributed by atoms with van der Waals surface area (Å²) in [4.78, 5) is 23.3. The van der Waals surface area contributed by atoms with Gasteiger partial charge in [0.2, 0.25) is 0 Å². The lowest BCUT2D eigenvalue weighted by atomic mass is 9.98. The van der Waals surface area contributed by atoms with Crippen LogP contribution in [0.4, 0.5) is 5.69 Å². The fourth-order valence-electron chi connectivity index (χ4n) is 1.70. The number of aromatic carboxylic acids is 1. The highest BCUT2D eigenvalue weighted by atomic mass is 16.4. The fourth-order valence-corrected chi connectivity index (χ4v) is 1.70. The number of rotatable bonds is 3. The maximum absolute atomic E-state index is 12.2. The quantitative estimate of drug-likeness (QED) is 0.637. The Morgan fingerprint density at radius 3 is 2.22 bits per heavy atom. The number of carboxylic acids is 1. The Hall–Kier alpha value is -2.62. The molecule has 2 aromatic carbocycles. The molecule has 0 saturated carbocycles. The third-order valence-corrected chi connectivity index (χ3v) is 2.55. The lowest BCUT2D eigenvalue weighted by Crippen LogP contribution is -2.09. The average molecular weight is 241 g/mol. The Labute approximate surface area is 104 Å². The van der Waals surface area contributed by atoms with Crippen molar-refractivity contribution in [3.05, 3.63) is 65.2 Å². The van der Waals surface area contributed by atoms with Gasteiger partial charge in [-0.3, -0.25) is 4.79 Å². The summed E-state index contributed by atoms with van der Waals surface area (Å²) < 4.78 is 0. The number of nitrogen functional groups attached to an aromatic ring is 1. The zero-order valence-corrected chi connectivity index (χ0v) is 9.46. The van der Waals surface area contributed by atoms with Crippen LogP contribution in [-0.4, -0.2) is 16.9 Å². The van der Waals surface area contributed by atoms with E-state index in [1.54, 1.807) is 30.3 Å². The van der Waals surface area contributed by atoms with E-state index in [1.165, 1.54) is 18.2 Å². The lowest BCUT2D eigenvalue weighted by molar-refractivity contribution is 0.0693. The van der Waals surface area contributed by atoms with Gasteiger partial charge in [0.15, 0.2) is 5.78 Å². The maximum Gasteiger partial charge on any atom is 0.336 e. The number of carboxylic acid groups (broad SMARTS) is 1. The van der Waals surface area contributed by atoms with Gasteiger partial charge in [-0.25, -0.2) is 4.79 Å². The molecule has 90 valence electrons. The number of carbonyl (C=O) groups is 2. The maximum atomic E-state index is 12.2. The molecule has 2 rings (SSSR count). The number of benzene rings is 2. The van der Waals surface area contributed by atoms with E-state index in [2.05, 4.69) is 0 Å². The Morgan fingerprint density at radius 2 is 1.61 bits per heavy atom. The minimum absolute atomic E-state index is 0.00933. The first-order valence-corrected chi connectivity index (χ1v) is 5.32. The van der Waals surface area contributed by atoms with Crippen LogP contribution in [0, 0.1) is 0 Å². The van der Waals surface area contributed by atoms with Crippen LogP contribution in [0.25, 0.3) is 0 Å². The van der Waals surface area contributed by atoms with Gasteiger partial charge in [-0.2, -0.15) is 0 Å². The van der Waals surface area contributed by atoms with Crippen LogP contribution in [0.15, 0.2) is 48.5 Å². The first kappa shape index (κ1) is 11.9. The molecular formula is C14H11NO3. The summed E-state index contributed by atoms with van der Waals surface area (Å²) in [5.74, 6) is -1.47. The Balaban J connectivity index is 2.50. The molecule has 0 bridgehead atoms. The number of hydrogen-bond acceptors (Lipinski definition) is 3. The van der Waals surface area contributed by atoms with Crippen molar-refractivity contribution in [3.63, 3.8) is 0 Å². The molecular weight excluding hydrogens is 230 g/mol. The van der Waals surface area contributed by atoms with Crippen LogP contribution in [0.3, 0.4) is 0 Å². The third-order valence-electron chi connectivity index (χ3n) is 2.55. The molecule has 4 heteroatoms. The molecule has 0 unspecified atom stereocenters. The Kier molecular flexibility index (Phi) is 3.10. The first-order chi connectivity index (χ1) is 8.59. The van der Waals surface area contributed by atoms with Crippen LogP contribution < -0.4 is 5.73 Å². The van der Waals surface area contributed by atoms with Gasteiger partial charge in [0.1, 0.15) is 0 Å². The molecule has 0 aliphatic heterocycles. The van der Waals surface area contributed by atoms with E-state index < -0.39 is 5.97 Å². The van der Waals surface area contributed by atoms with Gasteiger partial charge in [-0.1, -0.05) is 30.3 Å². The largest absolute Gasteiger partial charge is 0.478 e. The van der Waals surface area contributed by atoms with E-state index >= 15 is 0 Å².